The fourth-order valence-electron chi connectivity index (χ4n) is 3.17. The van der Waals surface area contributed by atoms with Gasteiger partial charge in [0.1, 0.15) is 5.75 Å². The van der Waals surface area contributed by atoms with Crippen LogP contribution < -0.4 is 14.8 Å². The minimum atomic E-state index is -3.97. The van der Waals surface area contributed by atoms with Crippen LogP contribution in [0.5, 0.6) is 5.75 Å². The van der Waals surface area contributed by atoms with Crippen molar-refractivity contribution < 1.29 is 22.7 Å². The number of methoxy groups -OCH3 is 1. The van der Waals surface area contributed by atoms with Gasteiger partial charge in [-0.05, 0) is 61.5 Å². The number of sulfonamides is 1. The van der Waals surface area contributed by atoms with E-state index in [1.807, 2.05) is 6.07 Å². The zero-order chi connectivity index (χ0) is 24.1. The highest BCUT2D eigenvalue weighted by Crippen LogP contribution is 2.28. The van der Waals surface area contributed by atoms with Crippen molar-refractivity contribution >= 4 is 44.3 Å². The number of hydrogen-bond donors (Lipinski definition) is 2. The van der Waals surface area contributed by atoms with Crippen LogP contribution in [0, 0.1) is 0 Å². The van der Waals surface area contributed by atoms with E-state index in [0.717, 1.165) is 0 Å². The fraction of sp³-hybridized carbons (Fsp3) is 0.125. The molecule has 34 heavy (non-hydrogen) atoms. The fourth-order valence-corrected chi connectivity index (χ4v) is 4.18. The molecule has 0 spiro atoms. The van der Waals surface area contributed by atoms with E-state index in [2.05, 4.69) is 20.0 Å². The van der Waals surface area contributed by atoms with E-state index in [1.54, 1.807) is 61.5 Å². The first-order chi connectivity index (χ1) is 16.4. The predicted octanol–water partition coefficient (Wildman–Crippen LogP) is 4.36. The number of ether oxygens (including phenoxy) is 2. The maximum atomic E-state index is 13.0. The molecule has 0 saturated heterocycles. The summed E-state index contributed by atoms with van der Waals surface area (Å²) in [6, 6.07) is 19.7. The number of rotatable bonds is 8. The molecule has 9 nitrogen and oxygen atoms in total. The summed E-state index contributed by atoms with van der Waals surface area (Å²) in [4.78, 5) is 21.2. The summed E-state index contributed by atoms with van der Waals surface area (Å²) < 4.78 is 38.8. The molecule has 3 aromatic carbocycles. The lowest BCUT2D eigenvalue weighted by molar-refractivity contribution is 0.0526. The van der Waals surface area contributed by atoms with E-state index in [9.17, 15) is 13.2 Å². The standard InChI is InChI=1S/C24H22N4O5S/c1-3-33-24(29)16-7-6-8-17(15-16)25-22-23(27-21-10-5-4-9-20(21)26-22)28-34(30,31)19-13-11-18(32-2)12-14-19/h4-15H,3H2,1-2H3,(H,25,26)(H,27,28). The number of benzene rings is 3. The maximum absolute atomic E-state index is 13.0. The van der Waals surface area contributed by atoms with Gasteiger partial charge in [0.2, 0.25) is 0 Å². The number of esters is 1. The van der Waals surface area contributed by atoms with Crippen LogP contribution in [-0.2, 0) is 14.8 Å². The highest BCUT2D eigenvalue weighted by atomic mass is 32.2. The van der Waals surface area contributed by atoms with Gasteiger partial charge in [-0.1, -0.05) is 18.2 Å². The van der Waals surface area contributed by atoms with E-state index in [-0.39, 0.29) is 23.1 Å². The predicted molar refractivity (Wildman–Crippen MR) is 129 cm³/mol. The van der Waals surface area contributed by atoms with Crippen molar-refractivity contribution in [3.05, 3.63) is 78.4 Å². The van der Waals surface area contributed by atoms with E-state index >= 15 is 0 Å². The molecule has 0 aliphatic rings. The number of nitrogens with one attached hydrogen (secondary N) is 2. The zero-order valence-corrected chi connectivity index (χ0v) is 19.3. The highest BCUT2D eigenvalue weighted by molar-refractivity contribution is 7.92. The second-order valence-electron chi connectivity index (χ2n) is 7.12. The quantitative estimate of drug-likeness (QED) is 0.359. The molecule has 0 atom stereocenters. The van der Waals surface area contributed by atoms with Crippen molar-refractivity contribution in [2.75, 3.05) is 23.8 Å². The molecule has 1 heterocycles. The molecule has 0 amide bonds. The molecule has 0 aliphatic heterocycles. The molecule has 10 heteroatoms. The lowest BCUT2D eigenvalue weighted by atomic mass is 10.2. The van der Waals surface area contributed by atoms with Crippen molar-refractivity contribution in [2.45, 2.75) is 11.8 Å². The summed E-state index contributed by atoms with van der Waals surface area (Å²) in [6.07, 6.45) is 0. The van der Waals surface area contributed by atoms with Crippen molar-refractivity contribution in [2.24, 2.45) is 0 Å². The summed E-state index contributed by atoms with van der Waals surface area (Å²) in [6.45, 7) is 1.98. The first kappa shape index (κ1) is 23.0. The molecular weight excluding hydrogens is 456 g/mol. The first-order valence-electron chi connectivity index (χ1n) is 10.4. The molecule has 0 fully saturated rings. The van der Waals surface area contributed by atoms with Crippen molar-refractivity contribution in [3.63, 3.8) is 0 Å². The summed E-state index contributed by atoms with van der Waals surface area (Å²) in [5, 5.41) is 3.07. The van der Waals surface area contributed by atoms with Crippen molar-refractivity contribution in [1.82, 2.24) is 9.97 Å². The Morgan fingerprint density at radius 3 is 2.24 bits per heavy atom. The van der Waals surface area contributed by atoms with Gasteiger partial charge < -0.3 is 14.8 Å². The van der Waals surface area contributed by atoms with Crippen LogP contribution in [-0.4, -0.2) is 38.1 Å². The highest BCUT2D eigenvalue weighted by Gasteiger charge is 2.19. The summed E-state index contributed by atoms with van der Waals surface area (Å²) in [5.74, 6) is 0.261. The number of para-hydroxylation sites is 2. The Kier molecular flexibility index (Phi) is 6.60. The van der Waals surface area contributed by atoms with Crippen LogP contribution >= 0.6 is 0 Å². The van der Waals surface area contributed by atoms with Gasteiger partial charge in [-0.15, -0.1) is 0 Å². The Bertz CT molecular complexity index is 1440. The molecule has 2 N–H and O–H groups in total. The van der Waals surface area contributed by atoms with Crippen molar-refractivity contribution in [3.8, 4) is 5.75 Å². The van der Waals surface area contributed by atoms with Crippen LogP contribution in [0.15, 0.2) is 77.7 Å². The van der Waals surface area contributed by atoms with Crippen LogP contribution in [0.25, 0.3) is 11.0 Å². The lowest BCUT2D eigenvalue weighted by Gasteiger charge is -2.14. The summed E-state index contributed by atoms with van der Waals surface area (Å²) >= 11 is 0. The third-order valence-corrected chi connectivity index (χ3v) is 6.16. The number of carbonyl (C=O) groups is 1. The summed E-state index contributed by atoms with van der Waals surface area (Å²) in [5.41, 5.74) is 1.95. The van der Waals surface area contributed by atoms with Gasteiger partial charge in [0, 0.05) is 5.69 Å². The number of carbonyl (C=O) groups excluding carboxylic acids is 1. The number of nitrogens with zero attached hydrogens (tertiary/aromatic N) is 2. The molecule has 1 aromatic heterocycles. The van der Waals surface area contributed by atoms with E-state index in [1.165, 1.54) is 19.2 Å². The van der Waals surface area contributed by atoms with E-state index in [4.69, 9.17) is 9.47 Å². The molecule has 0 unspecified atom stereocenters. The minimum absolute atomic E-state index is 0.0102. The van der Waals surface area contributed by atoms with E-state index < -0.39 is 16.0 Å². The molecule has 0 aliphatic carbocycles. The molecular formula is C24H22N4O5S. The average Bonchev–Trinajstić information content (AvgIpc) is 2.84. The molecule has 0 radical (unpaired) electrons. The molecule has 0 saturated carbocycles. The van der Waals surface area contributed by atoms with Gasteiger partial charge in [-0.25, -0.2) is 23.2 Å². The SMILES string of the molecule is CCOC(=O)c1cccc(Nc2nc3ccccc3nc2NS(=O)(=O)c2ccc(OC)cc2)c1. The van der Waals surface area contributed by atoms with Crippen molar-refractivity contribution in [1.29, 1.82) is 0 Å². The first-order valence-corrected chi connectivity index (χ1v) is 11.9. The third kappa shape index (κ3) is 5.07. The number of aromatic nitrogens is 2. The van der Waals surface area contributed by atoms with Crippen LogP contribution in [0.1, 0.15) is 17.3 Å². The normalized spacial score (nSPS) is 11.1. The van der Waals surface area contributed by atoms with Crippen LogP contribution in [0.2, 0.25) is 0 Å². The van der Waals surface area contributed by atoms with E-state index in [0.29, 0.717) is 28.0 Å². The third-order valence-electron chi connectivity index (χ3n) is 4.81. The summed E-state index contributed by atoms with van der Waals surface area (Å²) in [7, 11) is -2.47. The Hall–Kier alpha value is -4.18. The van der Waals surface area contributed by atoms with Crippen LogP contribution in [0.4, 0.5) is 17.3 Å². The average molecular weight is 479 g/mol. The monoisotopic (exact) mass is 478 g/mol. The smallest absolute Gasteiger partial charge is 0.338 e. The van der Waals surface area contributed by atoms with Gasteiger partial charge in [0.25, 0.3) is 10.0 Å². The largest absolute Gasteiger partial charge is 0.497 e. The minimum Gasteiger partial charge on any atom is -0.497 e. The Morgan fingerprint density at radius 2 is 1.59 bits per heavy atom. The molecule has 174 valence electrons. The van der Waals surface area contributed by atoms with Gasteiger partial charge in [-0.2, -0.15) is 0 Å². The number of hydrogen-bond acceptors (Lipinski definition) is 8. The van der Waals surface area contributed by atoms with Gasteiger partial charge in [0.05, 0.1) is 35.2 Å². The van der Waals surface area contributed by atoms with Gasteiger partial charge >= 0.3 is 5.97 Å². The lowest BCUT2D eigenvalue weighted by Crippen LogP contribution is -2.16. The van der Waals surface area contributed by atoms with Crippen LogP contribution in [0.3, 0.4) is 0 Å². The maximum Gasteiger partial charge on any atom is 0.338 e. The van der Waals surface area contributed by atoms with Gasteiger partial charge in [-0.3, -0.25) is 4.72 Å². The zero-order valence-electron chi connectivity index (χ0n) is 18.5. The Labute approximate surface area is 196 Å². The second-order valence-corrected chi connectivity index (χ2v) is 8.80. The Balaban J connectivity index is 1.72. The van der Waals surface area contributed by atoms with Gasteiger partial charge in [0.15, 0.2) is 11.6 Å². The second kappa shape index (κ2) is 9.75. The molecule has 4 rings (SSSR count). The molecule has 0 bridgehead atoms. The number of fused-ring (bicyclic) bond motifs is 1. The number of anilines is 3. The molecule has 4 aromatic rings. The Morgan fingerprint density at radius 1 is 0.912 bits per heavy atom. The topological polar surface area (TPSA) is 120 Å².